The van der Waals surface area contributed by atoms with Gasteiger partial charge in [0.2, 0.25) is 0 Å². The highest BCUT2D eigenvalue weighted by Gasteiger charge is 2.28. The first-order valence-electron chi connectivity index (χ1n) is 9.09. The third-order valence-corrected chi connectivity index (χ3v) is 6.11. The fourth-order valence-corrected chi connectivity index (χ4v) is 4.38. The molecule has 27 heavy (non-hydrogen) atoms. The molecule has 1 aliphatic rings. The van der Waals surface area contributed by atoms with Crippen molar-refractivity contribution in [1.29, 1.82) is 0 Å². The molecule has 0 saturated carbocycles. The molecule has 140 valence electrons. The van der Waals surface area contributed by atoms with Gasteiger partial charge < -0.3 is 4.74 Å². The first-order chi connectivity index (χ1) is 13.0. The first kappa shape index (κ1) is 18.1. The lowest BCUT2D eigenvalue weighted by Crippen LogP contribution is -2.37. The normalized spacial score (nSPS) is 16.8. The minimum Gasteiger partial charge on any atom is -0.376 e. The number of carbonyl (C=O) groups excluding carboxylic acids is 1. The summed E-state index contributed by atoms with van der Waals surface area (Å²) in [5.74, 6) is -0.898. The van der Waals surface area contributed by atoms with Crippen LogP contribution in [-0.2, 0) is 4.74 Å². The molecule has 2 heterocycles. The summed E-state index contributed by atoms with van der Waals surface area (Å²) >= 11 is 1.46. The molecule has 1 amide bonds. The molecule has 0 radical (unpaired) electrons. The SMILES string of the molecule is Cc1ccc2sc(N(CC3CCCO3)C(=O)c3ccccc3F)nc2c1C. The predicted octanol–water partition coefficient (Wildman–Crippen LogP) is 4.88. The monoisotopic (exact) mass is 384 g/mol. The minimum atomic E-state index is -0.520. The quantitative estimate of drug-likeness (QED) is 0.644. The molecular weight excluding hydrogens is 363 g/mol. The van der Waals surface area contributed by atoms with Gasteiger partial charge in [-0.3, -0.25) is 9.69 Å². The first-order valence-corrected chi connectivity index (χ1v) is 9.91. The number of carbonyl (C=O) groups is 1. The summed E-state index contributed by atoms with van der Waals surface area (Å²) < 4.78 is 21.0. The van der Waals surface area contributed by atoms with E-state index in [0.29, 0.717) is 18.3 Å². The number of hydrogen-bond donors (Lipinski definition) is 0. The third-order valence-electron chi connectivity index (χ3n) is 5.06. The Morgan fingerprint density at radius 1 is 1.30 bits per heavy atom. The van der Waals surface area contributed by atoms with E-state index in [2.05, 4.69) is 6.07 Å². The van der Waals surface area contributed by atoms with Crippen LogP contribution in [0.4, 0.5) is 9.52 Å². The lowest BCUT2D eigenvalue weighted by Gasteiger charge is -2.23. The second-order valence-corrected chi connectivity index (χ2v) is 7.89. The van der Waals surface area contributed by atoms with Crippen LogP contribution in [-0.4, -0.2) is 30.1 Å². The summed E-state index contributed by atoms with van der Waals surface area (Å²) in [5.41, 5.74) is 3.21. The minimum absolute atomic E-state index is 0.0458. The lowest BCUT2D eigenvalue weighted by atomic mass is 10.1. The van der Waals surface area contributed by atoms with Crippen molar-refractivity contribution in [2.45, 2.75) is 32.8 Å². The maximum absolute atomic E-state index is 14.3. The van der Waals surface area contributed by atoms with Gasteiger partial charge in [-0.1, -0.05) is 29.5 Å². The smallest absolute Gasteiger partial charge is 0.263 e. The Bertz CT molecular complexity index is 995. The molecule has 0 bridgehead atoms. The lowest BCUT2D eigenvalue weighted by molar-refractivity contribution is 0.0914. The molecule has 1 fully saturated rings. The maximum atomic E-state index is 14.3. The highest BCUT2D eigenvalue weighted by Crippen LogP contribution is 2.33. The molecule has 0 N–H and O–H groups in total. The zero-order valence-electron chi connectivity index (χ0n) is 15.4. The largest absolute Gasteiger partial charge is 0.376 e. The fourth-order valence-electron chi connectivity index (χ4n) is 3.35. The van der Waals surface area contributed by atoms with Crippen molar-refractivity contribution in [2.24, 2.45) is 0 Å². The van der Waals surface area contributed by atoms with Crippen LogP contribution in [0.2, 0.25) is 0 Å². The standard InChI is InChI=1S/C21H21FN2O2S/c1-13-9-10-18-19(14(13)2)23-21(27-18)24(12-15-6-5-11-26-15)20(25)16-7-3-4-8-17(16)22/h3-4,7-10,15H,5-6,11-12H2,1-2H3. The number of aromatic nitrogens is 1. The van der Waals surface area contributed by atoms with Crippen molar-refractivity contribution < 1.29 is 13.9 Å². The van der Waals surface area contributed by atoms with Crippen molar-refractivity contribution >= 4 is 32.6 Å². The zero-order chi connectivity index (χ0) is 19.0. The third kappa shape index (κ3) is 3.47. The molecule has 4 rings (SSSR count). The predicted molar refractivity (Wildman–Crippen MR) is 106 cm³/mol. The summed E-state index contributed by atoms with van der Waals surface area (Å²) in [4.78, 5) is 19.5. The van der Waals surface area contributed by atoms with Gasteiger partial charge in [0.15, 0.2) is 5.13 Å². The molecular formula is C21H21FN2O2S. The van der Waals surface area contributed by atoms with Crippen LogP contribution in [0.15, 0.2) is 36.4 Å². The number of anilines is 1. The number of nitrogens with zero attached hydrogens (tertiary/aromatic N) is 2. The summed E-state index contributed by atoms with van der Waals surface area (Å²) in [6, 6.07) is 10.2. The molecule has 0 aliphatic carbocycles. The van der Waals surface area contributed by atoms with Crippen LogP contribution in [0.25, 0.3) is 10.2 Å². The van der Waals surface area contributed by atoms with Gasteiger partial charge in [0.25, 0.3) is 5.91 Å². The van der Waals surface area contributed by atoms with Gasteiger partial charge in [-0.15, -0.1) is 0 Å². The number of fused-ring (bicyclic) bond motifs is 1. The number of ether oxygens (including phenoxy) is 1. The number of amides is 1. The van der Waals surface area contributed by atoms with Gasteiger partial charge in [0.1, 0.15) is 5.82 Å². The Balaban J connectivity index is 1.76. The molecule has 1 aromatic heterocycles. The van der Waals surface area contributed by atoms with E-state index in [0.717, 1.165) is 34.2 Å². The highest BCUT2D eigenvalue weighted by atomic mass is 32.1. The van der Waals surface area contributed by atoms with Crippen molar-refractivity contribution in [2.75, 3.05) is 18.1 Å². The van der Waals surface area contributed by atoms with Crippen LogP contribution in [0, 0.1) is 19.7 Å². The Morgan fingerprint density at radius 3 is 2.85 bits per heavy atom. The van der Waals surface area contributed by atoms with Gasteiger partial charge in [0, 0.05) is 6.61 Å². The van der Waals surface area contributed by atoms with Crippen molar-refractivity contribution in [1.82, 2.24) is 4.98 Å². The summed E-state index contributed by atoms with van der Waals surface area (Å²) in [6.45, 7) is 5.16. The zero-order valence-corrected chi connectivity index (χ0v) is 16.2. The van der Waals surface area contributed by atoms with E-state index in [1.54, 1.807) is 17.0 Å². The number of benzene rings is 2. The Hall–Kier alpha value is -2.31. The molecule has 0 spiro atoms. The topological polar surface area (TPSA) is 42.4 Å². The molecule has 1 aliphatic heterocycles. The van der Waals surface area contributed by atoms with E-state index in [1.807, 2.05) is 19.9 Å². The summed E-state index contributed by atoms with van der Waals surface area (Å²) in [5, 5.41) is 0.586. The van der Waals surface area contributed by atoms with Gasteiger partial charge in [-0.2, -0.15) is 0 Å². The fraction of sp³-hybridized carbons (Fsp3) is 0.333. The van der Waals surface area contributed by atoms with E-state index in [9.17, 15) is 9.18 Å². The second-order valence-electron chi connectivity index (χ2n) is 6.88. The van der Waals surface area contributed by atoms with E-state index in [-0.39, 0.29) is 17.6 Å². The highest BCUT2D eigenvalue weighted by molar-refractivity contribution is 7.22. The molecule has 4 nitrogen and oxygen atoms in total. The number of thiazole rings is 1. The van der Waals surface area contributed by atoms with Crippen molar-refractivity contribution in [3.8, 4) is 0 Å². The van der Waals surface area contributed by atoms with Gasteiger partial charge in [-0.05, 0) is 56.0 Å². The molecule has 3 aromatic rings. The average Bonchev–Trinajstić information content (AvgIpc) is 3.32. The van der Waals surface area contributed by atoms with Crippen molar-refractivity contribution in [3.05, 3.63) is 58.9 Å². The molecule has 1 unspecified atom stereocenters. The van der Waals surface area contributed by atoms with Crippen LogP contribution >= 0.6 is 11.3 Å². The molecule has 1 atom stereocenters. The summed E-state index contributed by atoms with van der Waals surface area (Å²) in [7, 11) is 0. The van der Waals surface area contributed by atoms with Crippen LogP contribution in [0.5, 0.6) is 0 Å². The Kier molecular flexibility index (Phi) is 4.93. The van der Waals surface area contributed by atoms with E-state index in [1.165, 1.54) is 23.5 Å². The number of halogens is 1. The van der Waals surface area contributed by atoms with E-state index >= 15 is 0 Å². The Labute approximate surface area is 161 Å². The average molecular weight is 384 g/mol. The number of hydrogen-bond acceptors (Lipinski definition) is 4. The van der Waals surface area contributed by atoms with Crippen molar-refractivity contribution in [3.63, 3.8) is 0 Å². The van der Waals surface area contributed by atoms with E-state index in [4.69, 9.17) is 9.72 Å². The van der Waals surface area contributed by atoms with Gasteiger partial charge in [-0.25, -0.2) is 9.37 Å². The van der Waals surface area contributed by atoms with Crippen LogP contribution in [0.1, 0.15) is 34.3 Å². The van der Waals surface area contributed by atoms with Gasteiger partial charge >= 0.3 is 0 Å². The number of aryl methyl sites for hydroxylation is 2. The van der Waals surface area contributed by atoms with Crippen LogP contribution in [0.3, 0.4) is 0 Å². The summed E-state index contributed by atoms with van der Waals surface area (Å²) in [6.07, 6.45) is 1.82. The van der Waals surface area contributed by atoms with E-state index < -0.39 is 5.82 Å². The number of rotatable bonds is 4. The van der Waals surface area contributed by atoms with Crippen LogP contribution < -0.4 is 4.90 Å². The van der Waals surface area contributed by atoms with Gasteiger partial charge in [0.05, 0.1) is 28.4 Å². The second kappa shape index (κ2) is 7.37. The molecule has 2 aromatic carbocycles. The molecule has 6 heteroatoms. The Morgan fingerprint density at radius 2 is 2.11 bits per heavy atom. The maximum Gasteiger partial charge on any atom is 0.263 e. The molecule has 1 saturated heterocycles.